The van der Waals surface area contributed by atoms with Crippen molar-refractivity contribution in [2.75, 3.05) is 46.5 Å². The maximum absolute atomic E-state index is 15.1. The molecule has 20 heteroatoms. The fourth-order valence-electron chi connectivity index (χ4n) is 9.63. The average molecular weight is 1110 g/mol. The molecule has 17 nitrogen and oxygen atoms in total. The van der Waals surface area contributed by atoms with Gasteiger partial charge in [-0.2, -0.15) is 0 Å². The van der Waals surface area contributed by atoms with Gasteiger partial charge in [0, 0.05) is 72.0 Å². The minimum Gasteiger partial charge on any atom is -0.494 e. The van der Waals surface area contributed by atoms with Gasteiger partial charge in [-0.05, 0) is 108 Å². The zero-order valence-electron chi connectivity index (χ0n) is 44.6. The van der Waals surface area contributed by atoms with Crippen LogP contribution < -0.4 is 46.1 Å². The number of hydrogen-bond donors (Lipinski definition) is 6. The first-order chi connectivity index (χ1) is 39.2. The van der Waals surface area contributed by atoms with Crippen LogP contribution in [0.25, 0.3) is 0 Å². The van der Waals surface area contributed by atoms with Gasteiger partial charge in [0.15, 0.2) is 34.8 Å². The molecule has 10 rings (SSSR count). The van der Waals surface area contributed by atoms with Gasteiger partial charge >= 0.3 is 0 Å². The summed E-state index contributed by atoms with van der Waals surface area (Å²) in [6.45, 7) is 7.38. The lowest BCUT2D eigenvalue weighted by molar-refractivity contribution is 0.0896. The van der Waals surface area contributed by atoms with Gasteiger partial charge < -0.3 is 46.1 Å². The molecule has 4 atom stereocenters. The fourth-order valence-corrected chi connectivity index (χ4v) is 9.63. The summed E-state index contributed by atoms with van der Waals surface area (Å²) >= 11 is 0. The van der Waals surface area contributed by atoms with E-state index < -0.39 is 40.5 Å². The Hall–Kier alpha value is -9.01. The second kappa shape index (κ2) is 25.8. The van der Waals surface area contributed by atoms with Crippen LogP contribution in [0.1, 0.15) is 122 Å². The second-order valence-corrected chi connectivity index (χ2v) is 19.6. The number of carbonyl (C=O) groups excluding carboxylic acids is 6. The van der Waals surface area contributed by atoms with Gasteiger partial charge in [0.1, 0.15) is 22.6 Å². The normalized spacial score (nSPS) is 17.3. The molecule has 0 unspecified atom stereocenters. The molecule has 0 saturated carbocycles. The van der Waals surface area contributed by atoms with Crippen molar-refractivity contribution in [2.45, 2.75) is 63.9 Å². The molecule has 0 aromatic heterocycles. The van der Waals surface area contributed by atoms with Gasteiger partial charge in [-0.15, -0.1) is 0 Å². The first-order valence-corrected chi connectivity index (χ1v) is 26.5. The van der Waals surface area contributed by atoms with Crippen molar-refractivity contribution in [3.8, 4) is 17.2 Å². The molecule has 4 amide bonds. The molecule has 6 aromatic carbocycles. The third kappa shape index (κ3) is 13.0. The van der Waals surface area contributed by atoms with E-state index in [1.54, 1.807) is 24.6 Å². The number of benzene rings is 6. The Morgan fingerprint density at radius 3 is 1.25 bits per heavy atom. The molecular weight excluding hydrogens is 1050 g/mol. The van der Waals surface area contributed by atoms with Crippen molar-refractivity contribution in [3.63, 3.8) is 0 Å². The first-order valence-electron chi connectivity index (χ1n) is 26.5. The van der Waals surface area contributed by atoms with Crippen molar-refractivity contribution in [3.05, 3.63) is 193 Å². The van der Waals surface area contributed by atoms with Crippen molar-refractivity contribution in [2.24, 2.45) is 9.98 Å². The smallest absolute Gasteiger partial charge is 0.251 e. The predicted molar refractivity (Wildman–Crippen MR) is 297 cm³/mol. The molecule has 0 bridgehead atoms. The van der Waals surface area contributed by atoms with E-state index >= 15 is 4.39 Å². The summed E-state index contributed by atoms with van der Waals surface area (Å²) in [4.78, 5) is 86.5. The summed E-state index contributed by atoms with van der Waals surface area (Å²) in [6.07, 6.45) is 4.89. The van der Waals surface area contributed by atoms with Crippen LogP contribution in [0, 0.1) is 17.5 Å². The van der Waals surface area contributed by atoms with Crippen LogP contribution in [0.3, 0.4) is 0 Å². The number of hydrogen-bond acceptors (Lipinski definition) is 13. The minimum atomic E-state index is -1.28. The lowest BCUT2D eigenvalue weighted by Gasteiger charge is -2.21. The van der Waals surface area contributed by atoms with Gasteiger partial charge in [-0.3, -0.25) is 38.8 Å². The standard InChI is InChI=1S/C31H31FN4O5.C30H28F2N4O4/c1-3-12-41-25-10-11-26(40-2)28(32)27(25)29(37)18-4-6-19(7-5-18)30(38)35-23-16-34-17-24(23)36-31(39)20-8-9-21-14-33-15-22(21)13-20;1-2-11-40-25-10-9-22(31)27(32)26(25)28(37)17-3-5-18(6-4-17)29(38)35-23-15-34-16-24(23)36-30(39)19-7-8-20-13-33-14-21(20)12-19/h4-11,13-14,23-24,34H,3,12,15-17H2,1-2H3,(H,35,38)(H,36,39);3-10,12-13,23-24,34H,2,11,14-16H2,1H3,(H,35,38)(H,36,39)/t2*23-,24+/m11/s1. The molecule has 0 spiro atoms. The van der Waals surface area contributed by atoms with Crippen LogP contribution in [0.5, 0.6) is 17.2 Å². The Kier molecular flexibility index (Phi) is 18.1. The molecule has 2 fully saturated rings. The van der Waals surface area contributed by atoms with Gasteiger partial charge in [0.2, 0.25) is 0 Å². The number of methoxy groups -OCH3 is 1. The van der Waals surface area contributed by atoms with E-state index in [0.29, 0.717) is 75.4 Å². The number of amides is 4. The van der Waals surface area contributed by atoms with Gasteiger partial charge in [0.05, 0.1) is 57.6 Å². The molecule has 6 N–H and O–H groups in total. The van der Waals surface area contributed by atoms with Crippen LogP contribution in [-0.4, -0.2) is 118 Å². The number of rotatable bonds is 19. The van der Waals surface area contributed by atoms with Crippen LogP contribution >= 0.6 is 0 Å². The van der Waals surface area contributed by atoms with Crippen LogP contribution in [0.2, 0.25) is 0 Å². The van der Waals surface area contributed by atoms with E-state index in [4.69, 9.17) is 14.2 Å². The molecule has 4 heterocycles. The number of halogens is 3. The van der Waals surface area contributed by atoms with Gasteiger partial charge in [-0.25, -0.2) is 13.2 Å². The van der Waals surface area contributed by atoms with Crippen LogP contribution in [0.15, 0.2) is 119 Å². The van der Waals surface area contributed by atoms with Gasteiger partial charge in [-0.1, -0.05) is 50.2 Å². The Morgan fingerprint density at radius 1 is 0.481 bits per heavy atom. The minimum absolute atomic E-state index is 0.0392. The molecule has 418 valence electrons. The Bertz CT molecular complexity index is 3450. The van der Waals surface area contributed by atoms with Crippen molar-refractivity contribution >= 4 is 47.6 Å². The highest BCUT2D eigenvalue weighted by atomic mass is 19.2. The highest BCUT2D eigenvalue weighted by Gasteiger charge is 2.33. The second-order valence-electron chi connectivity index (χ2n) is 19.6. The fraction of sp³-hybridized carbons (Fsp3) is 0.279. The Morgan fingerprint density at radius 2 is 0.840 bits per heavy atom. The molecule has 6 aromatic rings. The van der Waals surface area contributed by atoms with Gasteiger partial charge in [0.25, 0.3) is 23.6 Å². The summed E-state index contributed by atoms with van der Waals surface area (Å²) in [7, 11) is 1.32. The van der Waals surface area contributed by atoms with Crippen molar-refractivity contribution < 1.29 is 56.1 Å². The van der Waals surface area contributed by atoms with E-state index in [1.165, 1.54) is 73.8 Å². The maximum Gasteiger partial charge on any atom is 0.251 e. The topological polar surface area (TPSA) is 227 Å². The third-order valence-electron chi connectivity index (χ3n) is 14.0. The number of nitrogens with one attached hydrogen (secondary N) is 6. The Balaban J connectivity index is 0.000000196. The molecule has 81 heavy (non-hydrogen) atoms. The van der Waals surface area contributed by atoms with E-state index in [-0.39, 0.29) is 88.0 Å². The molecule has 0 radical (unpaired) electrons. The summed E-state index contributed by atoms with van der Waals surface area (Å²) in [5.41, 5.74) is 5.25. The number of nitrogens with zero attached hydrogens (tertiary/aromatic N) is 2. The number of aliphatic imine (C=N–C) groups is 2. The van der Waals surface area contributed by atoms with Crippen molar-refractivity contribution in [1.29, 1.82) is 0 Å². The number of fused-ring (bicyclic) bond motifs is 2. The SMILES string of the molecule is CCCOc1ccc(F)c(F)c1C(=O)c1ccc(C(=O)N[C@@H]2CNC[C@@H]2NC(=O)c2ccc3c(c2)CN=C3)cc1.CCCOc1ccc(OC)c(F)c1C(=O)c1ccc(C(=O)N[C@@H]2CNC[C@@H]2NC(=O)c2ccc3c(c2)CN=C3)cc1. The largest absolute Gasteiger partial charge is 0.494 e. The highest BCUT2D eigenvalue weighted by molar-refractivity contribution is 6.12. The zero-order chi connectivity index (χ0) is 57.2. The monoisotopic (exact) mass is 1100 g/mol. The lowest BCUT2D eigenvalue weighted by atomic mass is 10.00. The number of ketones is 2. The van der Waals surface area contributed by atoms with E-state index in [1.807, 2.05) is 38.1 Å². The quantitative estimate of drug-likeness (QED) is 0.0468. The zero-order valence-corrected chi connectivity index (χ0v) is 44.6. The summed E-state index contributed by atoms with van der Waals surface area (Å²) in [6, 6.07) is 26.3. The molecular formula is C61H59F3N8O9. The lowest BCUT2D eigenvalue weighted by Crippen LogP contribution is -2.51. The summed E-state index contributed by atoms with van der Waals surface area (Å²) < 4.78 is 59.7. The maximum atomic E-state index is 15.1. The summed E-state index contributed by atoms with van der Waals surface area (Å²) in [5, 5.41) is 18.3. The van der Waals surface area contributed by atoms with E-state index in [9.17, 15) is 37.5 Å². The summed E-state index contributed by atoms with van der Waals surface area (Å²) in [5.74, 6) is -5.76. The highest BCUT2D eigenvalue weighted by Crippen LogP contribution is 2.32. The van der Waals surface area contributed by atoms with E-state index in [0.717, 1.165) is 28.3 Å². The third-order valence-corrected chi connectivity index (χ3v) is 14.0. The molecule has 4 aliphatic rings. The predicted octanol–water partition coefficient (Wildman–Crippen LogP) is 6.70. The number of carbonyl (C=O) groups is 6. The Labute approximate surface area is 465 Å². The first kappa shape index (κ1) is 56.7. The molecule has 4 aliphatic heterocycles. The van der Waals surface area contributed by atoms with Crippen LogP contribution in [0.4, 0.5) is 13.2 Å². The molecule has 2 saturated heterocycles. The van der Waals surface area contributed by atoms with Crippen LogP contribution in [-0.2, 0) is 13.1 Å². The average Bonchev–Trinajstić information content (AvgIpc) is 4.50. The van der Waals surface area contributed by atoms with E-state index in [2.05, 4.69) is 41.9 Å². The van der Waals surface area contributed by atoms with Crippen molar-refractivity contribution in [1.82, 2.24) is 31.9 Å². The number of ether oxygens (including phenoxy) is 3. The molecule has 0 aliphatic carbocycles.